The van der Waals surface area contributed by atoms with Gasteiger partial charge in [-0.1, -0.05) is 6.07 Å². The molecule has 0 bridgehead atoms. The van der Waals surface area contributed by atoms with E-state index in [2.05, 4.69) is 10.1 Å². The molecule has 0 unspecified atom stereocenters. The molecule has 3 N–H and O–H groups in total. The molecule has 0 aliphatic rings. The van der Waals surface area contributed by atoms with E-state index in [0.29, 0.717) is 12.1 Å². The van der Waals surface area contributed by atoms with Crippen molar-refractivity contribution in [2.45, 2.75) is 6.42 Å². The van der Waals surface area contributed by atoms with Crippen LogP contribution < -0.4 is 11.1 Å². The molecule has 0 saturated heterocycles. The second kappa shape index (κ2) is 5.75. The Bertz CT molecular complexity index is 391. The first kappa shape index (κ1) is 12.0. The maximum Gasteiger partial charge on any atom is 0.337 e. The third kappa shape index (κ3) is 3.61. The number of carbonyl (C=O) groups is 2. The molecule has 0 atom stereocenters. The van der Waals surface area contributed by atoms with E-state index in [4.69, 9.17) is 5.73 Å². The Kier molecular flexibility index (Phi) is 4.32. The highest BCUT2D eigenvalue weighted by Crippen LogP contribution is 2.11. The normalized spacial score (nSPS) is 9.56. The molecule has 5 heteroatoms. The van der Waals surface area contributed by atoms with Gasteiger partial charge >= 0.3 is 5.97 Å². The Morgan fingerprint density at radius 3 is 2.81 bits per heavy atom. The van der Waals surface area contributed by atoms with E-state index in [1.165, 1.54) is 7.11 Å². The first-order valence-corrected chi connectivity index (χ1v) is 4.84. The summed E-state index contributed by atoms with van der Waals surface area (Å²) in [7, 11) is 1.33. The fraction of sp³-hybridized carbons (Fsp3) is 0.273. The number of hydrogen-bond acceptors (Lipinski definition) is 4. The molecule has 86 valence electrons. The lowest BCUT2D eigenvalue weighted by Crippen LogP contribution is -2.16. The number of carbonyl (C=O) groups excluding carboxylic acids is 2. The van der Waals surface area contributed by atoms with Crippen molar-refractivity contribution in [3.8, 4) is 0 Å². The number of rotatable bonds is 5. The van der Waals surface area contributed by atoms with Crippen LogP contribution in [-0.2, 0) is 9.53 Å². The van der Waals surface area contributed by atoms with Crippen LogP contribution in [0.2, 0.25) is 0 Å². The van der Waals surface area contributed by atoms with E-state index in [1.54, 1.807) is 24.3 Å². The van der Waals surface area contributed by atoms with Crippen molar-refractivity contribution in [2.24, 2.45) is 5.73 Å². The zero-order chi connectivity index (χ0) is 12.0. The van der Waals surface area contributed by atoms with Crippen LogP contribution >= 0.6 is 0 Å². The smallest absolute Gasteiger partial charge is 0.337 e. The first-order valence-electron chi connectivity index (χ1n) is 4.84. The van der Waals surface area contributed by atoms with Crippen molar-refractivity contribution in [3.63, 3.8) is 0 Å². The van der Waals surface area contributed by atoms with Crippen molar-refractivity contribution in [2.75, 3.05) is 19.0 Å². The lowest BCUT2D eigenvalue weighted by molar-refractivity contribution is -0.117. The van der Waals surface area contributed by atoms with Gasteiger partial charge in [0.2, 0.25) is 5.91 Å². The van der Waals surface area contributed by atoms with Gasteiger partial charge < -0.3 is 15.8 Å². The molecule has 16 heavy (non-hydrogen) atoms. The highest BCUT2D eigenvalue weighted by molar-refractivity contribution is 5.90. The maximum atomic E-state index is 11.2. The van der Waals surface area contributed by atoms with Gasteiger partial charge in [0.05, 0.1) is 12.7 Å². The Morgan fingerprint density at radius 2 is 2.19 bits per heavy atom. The molecule has 0 aromatic heterocycles. The predicted octanol–water partition coefficient (Wildman–Crippen LogP) is 0.760. The van der Waals surface area contributed by atoms with E-state index in [9.17, 15) is 9.59 Å². The molecule has 1 amide bonds. The van der Waals surface area contributed by atoms with Crippen molar-refractivity contribution >= 4 is 17.6 Å². The zero-order valence-electron chi connectivity index (χ0n) is 9.03. The number of ether oxygens (including phenoxy) is 1. The van der Waals surface area contributed by atoms with E-state index in [1.807, 2.05) is 0 Å². The molecule has 0 aliphatic carbocycles. The fourth-order valence-corrected chi connectivity index (χ4v) is 1.20. The number of methoxy groups -OCH3 is 1. The SMILES string of the molecule is COC(=O)c1cccc(NCCC(N)=O)c1. The summed E-state index contributed by atoms with van der Waals surface area (Å²) in [4.78, 5) is 21.7. The number of hydrogen-bond donors (Lipinski definition) is 2. The number of esters is 1. The number of anilines is 1. The Balaban J connectivity index is 2.60. The van der Waals surface area contributed by atoms with Crippen LogP contribution in [0.3, 0.4) is 0 Å². The Morgan fingerprint density at radius 1 is 1.44 bits per heavy atom. The van der Waals surface area contributed by atoms with Crippen molar-refractivity contribution in [1.29, 1.82) is 0 Å². The van der Waals surface area contributed by atoms with Crippen LogP contribution in [-0.4, -0.2) is 25.5 Å². The van der Waals surface area contributed by atoms with Gasteiger partial charge in [-0.25, -0.2) is 4.79 Å². The van der Waals surface area contributed by atoms with Gasteiger partial charge in [-0.3, -0.25) is 4.79 Å². The van der Waals surface area contributed by atoms with Gasteiger partial charge in [-0.15, -0.1) is 0 Å². The second-order valence-electron chi connectivity index (χ2n) is 3.22. The van der Waals surface area contributed by atoms with Crippen LogP contribution in [0.1, 0.15) is 16.8 Å². The maximum absolute atomic E-state index is 11.2. The van der Waals surface area contributed by atoms with E-state index in [-0.39, 0.29) is 12.3 Å². The van der Waals surface area contributed by atoms with Crippen molar-refractivity contribution < 1.29 is 14.3 Å². The van der Waals surface area contributed by atoms with Crippen LogP contribution in [0.25, 0.3) is 0 Å². The second-order valence-corrected chi connectivity index (χ2v) is 3.22. The van der Waals surface area contributed by atoms with Gasteiger partial charge in [-0.05, 0) is 18.2 Å². The molecule has 1 aromatic rings. The molecular weight excluding hydrogens is 208 g/mol. The standard InChI is InChI=1S/C11H14N2O3/c1-16-11(15)8-3-2-4-9(7-8)13-6-5-10(12)14/h2-4,7,13H,5-6H2,1H3,(H2,12,14). The summed E-state index contributed by atoms with van der Waals surface area (Å²) in [5, 5.41) is 2.99. The molecule has 1 rings (SSSR count). The highest BCUT2D eigenvalue weighted by Gasteiger charge is 2.05. The summed E-state index contributed by atoms with van der Waals surface area (Å²) < 4.78 is 4.59. The first-order chi connectivity index (χ1) is 7.63. The van der Waals surface area contributed by atoms with Crippen molar-refractivity contribution in [3.05, 3.63) is 29.8 Å². The lowest BCUT2D eigenvalue weighted by atomic mass is 10.2. The summed E-state index contributed by atoms with van der Waals surface area (Å²) in [5.74, 6) is -0.754. The number of nitrogens with two attached hydrogens (primary N) is 1. The fourth-order valence-electron chi connectivity index (χ4n) is 1.20. The molecule has 0 aliphatic heterocycles. The number of primary amides is 1. The highest BCUT2D eigenvalue weighted by atomic mass is 16.5. The Labute approximate surface area is 93.6 Å². The van der Waals surface area contributed by atoms with Crippen molar-refractivity contribution in [1.82, 2.24) is 0 Å². The van der Waals surface area contributed by atoms with Gasteiger partial charge in [0.1, 0.15) is 0 Å². The molecule has 0 saturated carbocycles. The number of amides is 1. The summed E-state index contributed by atoms with van der Waals surface area (Å²) >= 11 is 0. The summed E-state index contributed by atoms with van der Waals surface area (Å²) in [6.45, 7) is 0.444. The molecule has 0 spiro atoms. The quantitative estimate of drug-likeness (QED) is 0.721. The average molecular weight is 222 g/mol. The third-order valence-corrected chi connectivity index (χ3v) is 1.98. The van der Waals surface area contributed by atoms with E-state index >= 15 is 0 Å². The summed E-state index contributed by atoms with van der Waals surface area (Å²) in [6.07, 6.45) is 0.252. The van der Waals surface area contributed by atoms with Gasteiger partial charge in [0, 0.05) is 18.7 Å². The summed E-state index contributed by atoms with van der Waals surface area (Å²) in [5.41, 5.74) is 6.22. The van der Waals surface area contributed by atoms with Crippen LogP contribution in [0, 0.1) is 0 Å². The molecule has 1 aromatic carbocycles. The summed E-state index contributed by atoms with van der Waals surface area (Å²) in [6, 6.07) is 6.85. The minimum Gasteiger partial charge on any atom is -0.465 e. The predicted molar refractivity (Wildman–Crippen MR) is 60.1 cm³/mol. The van der Waals surface area contributed by atoms with Gasteiger partial charge in [0.15, 0.2) is 0 Å². The van der Waals surface area contributed by atoms with E-state index in [0.717, 1.165) is 5.69 Å². The topological polar surface area (TPSA) is 81.4 Å². The molecule has 5 nitrogen and oxygen atoms in total. The number of benzene rings is 1. The van der Waals surface area contributed by atoms with Crippen LogP contribution in [0.5, 0.6) is 0 Å². The largest absolute Gasteiger partial charge is 0.465 e. The van der Waals surface area contributed by atoms with Crippen LogP contribution in [0.4, 0.5) is 5.69 Å². The minimum absolute atomic E-state index is 0.252. The molecule has 0 radical (unpaired) electrons. The number of nitrogens with one attached hydrogen (secondary N) is 1. The Hall–Kier alpha value is -2.04. The zero-order valence-corrected chi connectivity index (χ0v) is 9.03. The minimum atomic E-state index is -0.390. The average Bonchev–Trinajstić information content (AvgIpc) is 2.28. The van der Waals surface area contributed by atoms with Crippen LogP contribution in [0.15, 0.2) is 24.3 Å². The lowest BCUT2D eigenvalue weighted by Gasteiger charge is -2.06. The van der Waals surface area contributed by atoms with Gasteiger partial charge in [-0.2, -0.15) is 0 Å². The monoisotopic (exact) mass is 222 g/mol. The third-order valence-electron chi connectivity index (χ3n) is 1.98. The molecule has 0 fully saturated rings. The molecular formula is C11H14N2O3. The van der Waals surface area contributed by atoms with Gasteiger partial charge in [0.25, 0.3) is 0 Å². The van der Waals surface area contributed by atoms with E-state index < -0.39 is 5.97 Å². The molecule has 0 heterocycles.